The Morgan fingerprint density at radius 3 is 2.83 bits per heavy atom. The van der Waals surface area contributed by atoms with Gasteiger partial charge in [0.25, 0.3) is 6.47 Å². The molecule has 2 aromatic carbocycles. The minimum absolute atomic E-state index is 0.263. The predicted octanol–water partition coefficient (Wildman–Crippen LogP) is 4.11. The number of aromatic nitrogens is 1. The van der Waals surface area contributed by atoms with Gasteiger partial charge in [0.2, 0.25) is 11.0 Å². The number of carbonyl (C=O) groups is 1. The molecule has 0 radical (unpaired) electrons. The summed E-state index contributed by atoms with van der Waals surface area (Å²) in [6.07, 6.45) is 1.26. The summed E-state index contributed by atoms with van der Waals surface area (Å²) >= 11 is 1.41. The average molecular weight is 409 g/mol. The van der Waals surface area contributed by atoms with Gasteiger partial charge in [-0.25, -0.2) is 10.4 Å². The molecule has 1 N–H and O–H groups in total. The first kappa shape index (κ1) is 18.9. The summed E-state index contributed by atoms with van der Waals surface area (Å²) in [7, 11) is 0. The smallest absolute Gasteiger partial charge is 0.299 e. The van der Waals surface area contributed by atoms with Crippen LogP contribution in [0.3, 0.4) is 0 Å². The molecule has 1 aliphatic rings. The molecule has 2 heterocycles. The molecule has 0 amide bonds. The lowest BCUT2D eigenvalue weighted by Gasteiger charge is -2.08. The molecular weight excluding hydrogens is 390 g/mol. The molecule has 148 valence electrons. The first-order valence-electron chi connectivity index (χ1n) is 9.14. The fourth-order valence-electron chi connectivity index (χ4n) is 2.82. The molecule has 0 aliphatic carbocycles. The second kappa shape index (κ2) is 9.20. The zero-order chi connectivity index (χ0) is 19.9. The van der Waals surface area contributed by atoms with Gasteiger partial charge in [-0.1, -0.05) is 30.3 Å². The van der Waals surface area contributed by atoms with Crippen molar-refractivity contribution in [2.45, 2.75) is 12.8 Å². The van der Waals surface area contributed by atoms with E-state index in [0.717, 1.165) is 34.7 Å². The second-order valence-electron chi connectivity index (χ2n) is 6.24. The number of nitrogens with zero attached hydrogens (tertiary/aromatic N) is 2. The van der Waals surface area contributed by atoms with Crippen LogP contribution in [0.1, 0.15) is 12.0 Å². The van der Waals surface area contributed by atoms with Crippen molar-refractivity contribution in [1.29, 1.82) is 0 Å². The van der Waals surface area contributed by atoms with Crippen molar-refractivity contribution >= 4 is 28.8 Å². The molecule has 29 heavy (non-hydrogen) atoms. The van der Waals surface area contributed by atoms with Crippen LogP contribution in [-0.2, 0) is 16.0 Å². The molecule has 0 unspecified atom stereocenters. The van der Waals surface area contributed by atoms with E-state index in [1.165, 1.54) is 11.3 Å². The Hall–Kier alpha value is -3.39. The van der Waals surface area contributed by atoms with E-state index < -0.39 is 0 Å². The maximum Gasteiger partial charge on any atom is 0.299 e. The van der Waals surface area contributed by atoms with Crippen LogP contribution in [0.2, 0.25) is 0 Å². The van der Waals surface area contributed by atoms with Gasteiger partial charge in [-0.15, -0.1) is 16.4 Å². The van der Waals surface area contributed by atoms with E-state index >= 15 is 0 Å². The van der Waals surface area contributed by atoms with Gasteiger partial charge in [0.15, 0.2) is 11.5 Å². The molecule has 4 rings (SSSR count). The molecule has 0 fully saturated rings. The third-order valence-corrected chi connectivity index (χ3v) is 4.95. The van der Waals surface area contributed by atoms with Crippen LogP contribution in [0, 0.1) is 0 Å². The number of nitrogens with one attached hydrogen (secondary N) is 1. The Labute approximate surface area is 172 Å². The summed E-state index contributed by atoms with van der Waals surface area (Å²) in [6.45, 7) is 1.66. The molecule has 0 saturated heterocycles. The van der Waals surface area contributed by atoms with E-state index in [-0.39, 0.29) is 5.90 Å². The molecule has 0 spiro atoms. The molecule has 8 heteroatoms. The number of hydrogen-bond donors (Lipinski definition) is 1. The van der Waals surface area contributed by atoms with E-state index in [1.807, 2.05) is 53.9 Å². The predicted molar refractivity (Wildman–Crippen MR) is 112 cm³/mol. The fraction of sp³-hybridized carbons (Fsp3) is 0.190. The molecule has 0 bridgehead atoms. The number of anilines is 1. The molecule has 0 atom stereocenters. The highest BCUT2D eigenvalue weighted by Crippen LogP contribution is 2.35. The SMILES string of the molecule is O=COC(Cc1ccccc1)=NNc1nc(-c2ccc3c(c2)OCCCO3)cs1. The van der Waals surface area contributed by atoms with Crippen LogP contribution in [0.4, 0.5) is 5.13 Å². The maximum atomic E-state index is 10.8. The van der Waals surface area contributed by atoms with Crippen molar-refractivity contribution in [3.05, 3.63) is 59.5 Å². The zero-order valence-corrected chi connectivity index (χ0v) is 16.4. The molecule has 1 aliphatic heterocycles. The normalized spacial score (nSPS) is 13.4. The highest BCUT2D eigenvalue weighted by atomic mass is 32.1. The van der Waals surface area contributed by atoms with Gasteiger partial charge in [-0.2, -0.15) is 0 Å². The first-order valence-corrected chi connectivity index (χ1v) is 10.0. The molecule has 7 nitrogen and oxygen atoms in total. The van der Waals surface area contributed by atoms with E-state index in [4.69, 9.17) is 14.2 Å². The standard InChI is InChI=1S/C21H19N3O4S/c25-14-28-20(11-15-5-2-1-3-6-15)23-24-21-22-17(13-29-21)16-7-8-18-19(12-16)27-10-4-9-26-18/h1-3,5-8,12-14H,4,9-11H2,(H,22,24). The first-order chi connectivity index (χ1) is 14.3. The minimum atomic E-state index is 0.263. The number of hydrogen-bond acceptors (Lipinski definition) is 8. The minimum Gasteiger partial charge on any atom is -0.490 e. The third-order valence-electron chi connectivity index (χ3n) is 4.21. The number of carbonyl (C=O) groups excluding carboxylic acids is 1. The molecule has 0 saturated carbocycles. The van der Waals surface area contributed by atoms with Gasteiger partial charge in [0, 0.05) is 17.4 Å². The zero-order valence-electron chi connectivity index (χ0n) is 15.5. The van der Waals surface area contributed by atoms with Crippen LogP contribution in [-0.4, -0.2) is 30.6 Å². The Kier molecular flexibility index (Phi) is 6.01. The van der Waals surface area contributed by atoms with Crippen LogP contribution in [0.25, 0.3) is 11.3 Å². The third kappa shape index (κ3) is 4.91. The summed E-state index contributed by atoms with van der Waals surface area (Å²) in [5, 5.41) is 6.70. The Bertz CT molecular complexity index is 1000. The van der Waals surface area contributed by atoms with E-state index in [2.05, 4.69) is 15.5 Å². The Balaban J connectivity index is 1.47. The van der Waals surface area contributed by atoms with Gasteiger partial charge in [-0.3, -0.25) is 4.79 Å². The number of fused-ring (bicyclic) bond motifs is 1. The second-order valence-corrected chi connectivity index (χ2v) is 7.10. The van der Waals surface area contributed by atoms with Crippen molar-refractivity contribution in [2.24, 2.45) is 5.10 Å². The Morgan fingerprint density at radius 1 is 1.17 bits per heavy atom. The van der Waals surface area contributed by atoms with Crippen molar-refractivity contribution in [2.75, 3.05) is 18.6 Å². The highest BCUT2D eigenvalue weighted by molar-refractivity contribution is 7.14. The highest BCUT2D eigenvalue weighted by Gasteiger charge is 2.13. The van der Waals surface area contributed by atoms with Crippen LogP contribution >= 0.6 is 11.3 Å². The number of thiazole rings is 1. The average Bonchev–Trinajstić information content (AvgIpc) is 3.10. The maximum absolute atomic E-state index is 10.8. The number of hydrazone groups is 1. The van der Waals surface area contributed by atoms with Gasteiger partial charge < -0.3 is 14.2 Å². The Morgan fingerprint density at radius 2 is 2.00 bits per heavy atom. The van der Waals surface area contributed by atoms with Gasteiger partial charge in [0.1, 0.15) is 0 Å². The van der Waals surface area contributed by atoms with Crippen molar-refractivity contribution in [3.63, 3.8) is 0 Å². The number of rotatable bonds is 6. The van der Waals surface area contributed by atoms with Crippen molar-refractivity contribution in [1.82, 2.24) is 4.98 Å². The van der Waals surface area contributed by atoms with E-state index in [9.17, 15) is 4.79 Å². The van der Waals surface area contributed by atoms with Crippen LogP contribution in [0.15, 0.2) is 59.0 Å². The van der Waals surface area contributed by atoms with Gasteiger partial charge in [-0.05, 0) is 23.8 Å². The lowest BCUT2D eigenvalue weighted by molar-refractivity contribution is -0.121. The summed E-state index contributed by atoms with van der Waals surface area (Å²) in [5.41, 5.74) is 5.58. The molecular formula is C21H19N3O4S. The largest absolute Gasteiger partial charge is 0.490 e. The number of benzene rings is 2. The van der Waals surface area contributed by atoms with E-state index in [1.54, 1.807) is 0 Å². The van der Waals surface area contributed by atoms with Gasteiger partial charge in [0.05, 0.1) is 25.3 Å². The summed E-state index contributed by atoms with van der Waals surface area (Å²) in [5.74, 6) is 1.74. The number of ether oxygens (including phenoxy) is 3. The van der Waals surface area contributed by atoms with Crippen molar-refractivity contribution < 1.29 is 19.0 Å². The van der Waals surface area contributed by atoms with E-state index in [0.29, 0.717) is 31.2 Å². The quantitative estimate of drug-likeness (QED) is 0.286. The van der Waals surface area contributed by atoms with Crippen LogP contribution < -0.4 is 14.9 Å². The van der Waals surface area contributed by atoms with Crippen molar-refractivity contribution in [3.8, 4) is 22.8 Å². The molecule has 1 aromatic heterocycles. The topological polar surface area (TPSA) is 82.0 Å². The summed E-state index contributed by atoms with van der Waals surface area (Å²) in [4.78, 5) is 15.3. The lowest BCUT2D eigenvalue weighted by Crippen LogP contribution is -2.10. The lowest BCUT2D eigenvalue weighted by atomic mass is 10.1. The monoisotopic (exact) mass is 409 g/mol. The summed E-state index contributed by atoms with van der Waals surface area (Å²) < 4.78 is 16.4. The fourth-order valence-corrected chi connectivity index (χ4v) is 3.49. The molecule has 3 aromatic rings. The van der Waals surface area contributed by atoms with Crippen LogP contribution in [0.5, 0.6) is 11.5 Å². The van der Waals surface area contributed by atoms with Gasteiger partial charge >= 0.3 is 0 Å². The summed E-state index contributed by atoms with van der Waals surface area (Å²) in [6, 6.07) is 15.4.